The lowest BCUT2D eigenvalue weighted by Gasteiger charge is -2.07. The fraction of sp³-hybridized carbons (Fsp3) is 0.625. The second-order valence-electron chi connectivity index (χ2n) is 5.14. The third-order valence-electron chi connectivity index (χ3n) is 2.83. The van der Waals surface area contributed by atoms with Crippen LogP contribution in [-0.4, -0.2) is 13.2 Å². The van der Waals surface area contributed by atoms with Crippen molar-refractivity contribution in [3.63, 3.8) is 0 Å². The summed E-state index contributed by atoms with van der Waals surface area (Å²) in [4.78, 5) is 0. The monoisotopic (exact) mass is 234 g/mol. The molecule has 0 aliphatic carbocycles. The average molecular weight is 234 g/mol. The van der Waals surface area contributed by atoms with Crippen molar-refractivity contribution in [1.82, 2.24) is 0 Å². The van der Waals surface area contributed by atoms with Crippen LogP contribution >= 0.6 is 0 Å². The minimum Gasteiger partial charge on any atom is -0.381 e. The Labute approximate surface area is 106 Å². The summed E-state index contributed by atoms with van der Waals surface area (Å²) in [5.41, 5.74) is 2.84. The number of hydrogen-bond acceptors (Lipinski definition) is 1. The van der Waals surface area contributed by atoms with E-state index in [1.54, 1.807) is 0 Å². The van der Waals surface area contributed by atoms with E-state index in [1.165, 1.54) is 30.4 Å². The predicted octanol–water partition coefficient (Wildman–Crippen LogP) is 4.24. The van der Waals surface area contributed by atoms with Crippen molar-refractivity contribution in [2.75, 3.05) is 13.2 Å². The molecule has 0 spiro atoms. The summed E-state index contributed by atoms with van der Waals surface area (Å²) in [6, 6.07) is 8.99. The molecule has 0 fully saturated rings. The first-order valence-corrected chi connectivity index (χ1v) is 6.88. The molecule has 1 aromatic rings. The first-order chi connectivity index (χ1) is 8.22. The van der Waals surface area contributed by atoms with Gasteiger partial charge < -0.3 is 4.74 Å². The third-order valence-corrected chi connectivity index (χ3v) is 2.83. The molecule has 0 radical (unpaired) electrons. The highest BCUT2D eigenvalue weighted by Gasteiger charge is 1.97. The highest BCUT2D eigenvalue weighted by Crippen LogP contribution is 2.08. The molecule has 0 saturated heterocycles. The number of rotatable bonds is 8. The van der Waals surface area contributed by atoms with Gasteiger partial charge in [0.1, 0.15) is 0 Å². The number of aryl methyl sites for hydroxylation is 1. The molecule has 0 unspecified atom stereocenters. The second kappa shape index (κ2) is 8.30. The number of hydrogen-bond donors (Lipinski definition) is 0. The molecule has 96 valence electrons. The van der Waals surface area contributed by atoms with Gasteiger partial charge in [-0.1, -0.05) is 51.5 Å². The summed E-state index contributed by atoms with van der Waals surface area (Å²) in [5, 5.41) is 0. The highest BCUT2D eigenvalue weighted by atomic mass is 16.5. The Kier molecular flexibility index (Phi) is 6.95. The molecule has 17 heavy (non-hydrogen) atoms. The van der Waals surface area contributed by atoms with Crippen LogP contribution in [0.5, 0.6) is 0 Å². The molecule has 1 nitrogen and oxygen atoms in total. The zero-order chi connectivity index (χ0) is 12.5. The number of ether oxygens (including phenoxy) is 1. The Hall–Kier alpha value is -0.820. The fourth-order valence-electron chi connectivity index (χ4n) is 1.76. The van der Waals surface area contributed by atoms with Gasteiger partial charge in [-0.2, -0.15) is 0 Å². The largest absolute Gasteiger partial charge is 0.381 e. The van der Waals surface area contributed by atoms with Crippen molar-refractivity contribution >= 4 is 0 Å². The maximum Gasteiger partial charge on any atom is 0.0506 e. The fourth-order valence-corrected chi connectivity index (χ4v) is 1.76. The second-order valence-corrected chi connectivity index (χ2v) is 5.14. The molecule has 0 saturated carbocycles. The van der Waals surface area contributed by atoms with Crippen molar-refractivity contribution < 1.29 is 4.74 Å². The molecule has 1 heteroatoms. The van der Waals surface area contributed by atoms with E-state index in [4.69, 9.17) is 4.74 Å². The maximum atomic E-state index is 5.59. The molecule has 0 amide bonds. The first-order valence-electron chi connectivity index (χ1n) is 6.88. The van der Waals surface area contributed by atoms with E-state index < -0.39 is 0 Å². The van der Waals surface area contributed by atoms with Gasteiger partial charge in [-0.05, 0) is 36.3 Å². The predicted molar refractivity (Wildman–Crippen MR) is 74.4 cm³/mol. The number of benzene rings is 1. The molecule has 1 rings (SSSR count). The van der Waals surface area contributed by atoms with Crippen LogP contribution in [0.1, 0.15) is 44.7 Å². The van der Waals surface area contributed by atoms with Crippen LogP contribution in [0.25, 0.3) is 0 Å². The maximum absolute atomic E-state index is 5.59. The summed E-state index contributed by atoms with van der Waals surface area (Å²) in [7, 11) is 0. The zero-order valence-electron chi connectivity index (χ0n) is 11.5. The summed E-state index contributed by atoms with van der Waals surface area (Å²) < 4.78 is 5.59. The Bertz CT molecular complexity index is 287. The molecule has 1 aromatic carbocycles. The van der Waals surface area contributed by atoms with Crippen molar-refractivity contribution in [2.24, 2.45) is 5.92 Å². The summed E-state index contributed by atoms with van der Waals surface area (Å²) in [6.45, 7) is 8.31. The van der Waals surface area contributed by atoms with Gasteiger partial charge >= 0.3 is 0 Å². The van der Waals surface area contributed by atoms with Gasteiger partial charge in [-0.15, -0.1) is 0 Å². The van der Waals surface area contributed by atoms with E-state index in [1.807, 2.05) is 0 Å². The minimum atomic E-state index is 0.631. The van der Waals surface area contributed by atoms with Crippen molar-refractivity contribution in [2.45, 2.75) is 46.5 Å². The van der Waals surface area contributed by atoms with E-state index in [2.05, 4.69) is 45.0 Å². The molecule has 0 N–H and O–H groups in total. The van der Waals surface area contributed by atoms with Gasteiger partial charge in [0.2, 0.25) is 0 Å². The van der Waals surface area contributed by atoms with E-state index >= 15 is 0 Å². The van der Waals surface area contributed by atoms with Crippen LogP contribution < -0.4 is 0 Å². The molecule has 0 heterocycles. The third kappa shape index (κ3) is 6.48. The quantitative estimate of drug-likeness (QED) is 0.611. The highest BCUT2D eigenvalue weighted by molar-refractivity contribution is 5.22. The smallest absolute Gasteiger partial charge is 0.0506 e. The average Bonchev–Trinajstić information content (AvgIpc) is 2.33. The van der Waals surface area contributed by atoms with Crippen molar-refractivity contribution in [1.29, 1.82) is 0 Å². The summed E-state index contributed by atoms with van der Waals surface area (Å²) in [6.07, 6.45) is 4.79. The molecule has 0 aliphatic heterocycles. The van der Waals surface area contributed by atoms with Gasteiger partial charge in [-0.3, -0.25) is 0 Å². The Morgan fingerprint density at radius 2 is 1.59 bits per heavy atom. The molecular weight excluding hydrogens is 208 g/mol. The molecule has 0 atom stereocenters. The van der Waals surface area contributed by atoms with E-state index in [0.29, 0.717) is 5.92 Å². The normalized spacial score (nSPS) is 11.1. The lowest BCUT2D eigenvalue weighted by molar-refractivity contribution is 0.112. The zero-order valence-corrected chi connectivity index (χ0v) is 11.5. The molecule has 0 bridgehead atoms. The van der Waals surface area contributed by atoms with Crippen LogP contribution in [0.4, 0.5) is 0 Å². The summed E-state index contributed by atoms with van der Waals surface area (Å²) >= 11 is 0. The van der Waals surface area contributed by atoms with E-state index in [-0.39, 0.29) is 0 Å². The first kappa shape index (κ1) is 14.2. The van der Waals surface area contributed by atoms with Gasteiger partial charge in [0.25, 0.3) is 0 Å². The van der Waals surface area contributed by atoms with Crippen molar-refractivity contribution in [3.8, 4) is 0 Å². The van der Waals surface area contributed by atoms with Crippen molar-refractivity contribution in [3.05, 3.63) is 35.4 Å². The Morgan fingerprint density at radius 1 is 1.00 bits per heavy atom. The van der Waals surface area contributed by atoms with Crippen LogP contribution in [-0.2, 0) is 17.6 Å². The van der Waals surface area contributed by atoms with Gasteiger partial charge in [0.05, 0.1) is 6.61 Å². The van der Waals surface area contributed by atoms with E-state index in [0.717, 1.165) is 19.6 Å². The standard InChI is InChI=1S/C16H26O/c1-4-5-6-15-7-9-16(10-8-15)11-12-17-13-14(2)3/h7-10,14H,4-6,11-13H2,1-3H3. The van der Waals surface area contributed by atoms with Crippen LogP contribution in [0.15, 0.2) is 24.3 Å². The number of unbranched alkanes of at least 4 members (excludes halogenated alkanes) is 1. The van der Waals surface area contributed by atoms with Gasteiger partial charge in [0, 0.05) is 6.61 Å². The van der Waals surface area contributed by atoms with Crippen LogP contribution in [0.2, 0.25) is 0 Å². The molecule has 0 aliphatic rings. The topological polar surface area (TPSA) is 9.23 Å². The molecular formula is C16H26O. The lowest BCUT2D eigenvalue weighted by atomic mass is 10.1. The van der Waals surface area contributed by atoms with Crippen LogP contribution in [0.3, 0.4) is 0 Å². The Balaban J connectivity index is 2.25. The SMILES string of the molecule is CCCCc1ccc(CCOCC(C)C)cc1. The Morgan fingerprint density at radius 3 is 2.12 bits per heavy atom. The van der Waals surface area contributed by atoms with E-state index in [9.17, 15) is 0 Å². The minimum absolute atomic E-state index is 0.631. The van der Waals surface area contributed by atoms with Gasteiger partial charge in [-0.25, -0.2) is 0 Å². The molecule has 0 aromatic heterocycles. The van der Waals surface area contributed by atoms with Gasteiger partial charge in [0.15, 0.2) is 0 Å². The lowest BCUT2D eigenvalue weighted by Crippen LogP contribution is -2.05. The summed E-state index contributed by atoms with van der Waals surface area (Å²) in [5.74, 6) is 0.631. The van der Waals surface area contributed by atoms with Crippen LogP contribution in [0, 0.1) is 5.92 Å².